The molecule has 0 bridgehead atoms. The molecule has 0 saturated carbocycles. The molecule has 6 heteroatoms. The number of carbonyl (C=O) groups excluding carboxylic acids is 1. The van der Waals surface area contributed by atoms with Crippen molar-refractivity contribution < 1.29 is 9.21 Å². The molecule has 1 N–H and O–H groups in total. The number of amides is 1. The van der Waals surface area contributed by atoms with Gasteiger partial charge in [-0.2, -0.15) is 0 Å². The first-order chi connectivity index (χ1) is 10.1. The first kappa shape index (κ1) is 13.6. The third-order valence-corrected chi connectivity index (χ3v) is 4.04. The van der Waals surface area contributed by atoms with Crippen molar-refractivity contribution in [3.05, 3.63) is 57.7 Å². The summed E-state index contributed by atoms with van der Waals surface area (Å²) in [6.07, 6.45) is 1.65. The molecule has 0 aliphatic rings. The van der Waals surface area contributed by atoms with Gasteiger partial charge in [0.15, 0.2) is 0 Å². The number of fused-ring (bicyclic) bond motifs is 1. The summed E-state index contributed by atoms with van der Waals surface area (Å²) < 4.78 is 7.72. The Morgan fingerprint density at radius 1 is 1.33 bits per heavy atom. The van der Waals surface area contributed by atoms with Gasteiger partial charge in [0.1, 0.15) is 18.1 Å². The minimum absolute atomic E-state index is 0.00428. The molecule has 0 radical (unpaired) electrons. The molecule has 0 aliphatic carbocycles. The average molecular weight is 302 g/mol. The van der Waals surface area contributed by atoms with Crippen LogP contribution in [-0.4, -0.2) is 10.5 Å². The summed E-state index contributed by atoms with van der Waals surface area (Å²) in [5.74, 6) is 1.28. The summed E-state index contributed by atoms with van der Waals surface area (Å²) >= 11 is 1.51. The van der Waals surface area contributed by atoms with Gasteiger partial charge in [0.2, 0.25) is 5.91 Å². The lowest BCUT2D eigenvalue weighted by atomic mass is 10.3. The Hall–Kier alpha value is -2.34. The lowest BCUT2D eigenvalue weighted by Gasteiger charge is -2.06. The molecule has 3 aromatic heterocycles. The summed E-state index contributed by atoms with van der Waals surface area (Å²) in [5.41, 5.74) is -0.141. The van der Waals surface area contributed by atoms with Crippen LogP contribution in [0.15, 0.2) is 45.1 Å². The molecule has 3 aromatic rings. The van der Waals surface area contributed by atoms with Gasteiger partial charge in [0, 0.05) is 10.9 Å². The number of nitrogens with one attached hydrogen (secondary N) is 1. The van der Waals surface area contributed by atoms with Gasteiger partial charge in [-0.05, 0) is 36.6 Å². The van der Waals surface area contributed by atoms with Crippen molar-refractivity contribution in [2.24, 2.45) is 0 Å². The predicted octanol–water partition coefficient (Wildman–Crippen LogP) is 2.28. The van der Waals surface area contributed by atoms with Crippen LogP contribution in [0.2, 0.25) is 0 Å². The van der Waals surface area contributed by atoms with E-state index in [1.807, 2.05) is 30.5 Å². The maximum Gasteiger partial charge on any atom is 0.259 e. The van der Waals surface area contributed by atoms with E-state index in [-0.39, 0.29) is 18.0 Å². The van der Waals surface area contributed by atoms with Crippen LogP contribution in [0.5, 0.6) is 0 Å². The summed E-state index contributed by atoms with van der Waals surface area (Å²) in [6.45, 7) is 2.17. The topological polar surface area (TPSA) is 64.2 Å². The highest BCUT2D eigenvalue weighted by Gasteiger charge is 2.08. The number of hydrogen-bond donors (Lipinski definition) is 1. The van der Waals surface area contributed by atoms with Crippen LogP contribution >= 0.6 is 11.3 Å². The van der Waals surface area contributed by atoms with Crippen LogP contribution in [0.25, 0.3) is 10.1 Å². The van der Waals surface area contributed by atoms with E-state index in [1.54, 1.807) is 12.3 Å². The van der Waals surface area contributed by atoms with Crippen molar-refractivity contribution in [1.29, 1.82) is 0 Å². The molecule has 0 saturated heterocycles. The molecule has 0 aromatic carbocycles. The molecule has 1 amide bonds. The van der Waals surface area contributed by atoms with Crippen molar-refractivity contribution in [1.82, 2.24) is 9.88 Å². The SMILES string of the molecule is Cc1ccc(CNC(=O)Cn2ccc3sccc3c2=O)o1. The Morgan fingerprint density at radius 3 is 2.95 bits per heavy atom. The van der Waals surface area contributed by atoms with Gasteiger partial charge in [-0.25, -0.2) is 0 Å². The molecule has 0 fully saturated rings. The van der Waals surface area contributed by atoms with E-state index >= 15 is 0 Å². The van der Waals surface area contributed by atoms with Crippen LogP contribution < -0.4 is 10.9 Å². The first-order valence-corrected chi connectivity index (χ1v) is 7.40. The molecule has 0 aliphatic heterocycles. The standard InChI is InChI=1S/C15H14N2O3S/c1-10-2-3-11(20-10)8-16-14(18)9-17-6-4-13-12(15(17)19)5-7-21-13/h2-7H,8-9H2,1H3,(H,16,18). The lowest BCUT2D eigenvalue weighted by Crippen LogP contribution is -2.31. The molecular weight excluding hydrogens is 288 g/mol. The number of carbonyl (C=O) groups is 1. The van der Waals surface area contributed by atoms with Crippen molar-refractivity contribution in [2.45, 2.75) is 20.0 Å². The maximum absolute atomic E-state index is 12.2. The Balaban J connectivity index is 1.68. The fraction of sp³-hybridized carbons (Fsp3) is 0.200. The van der Waals surface area contributed by atoms with Crippen LogP contribution in [0.4, 0.5) is 0 Å². The highest BCUT2D eigenvalue weighted by atomic mass is 32.1. The quantitative estimate of drug-likeness (QED) is 0.804. The number of pyridine rings is 1. The van der Waals surface area contributed by atoms with E-state index < -0.39 is 0 Å². The fourth-order valence-electron chi connectivity index (χ4n) is 2.11. The van der Waals surface area contributed by atoms with E-state index in [1.165, 1.54) is 15.9 Å². The van der Waals surface area contributed by atoms with E-state index in [4.69, 9.17) is 4.42 Å². The van der Waals surface area contributed by atoms with Crippen molar-refractivity contribution in [2.75, 3.05) is 0 Å². The zero-order chi connectivity index (χ0) is 14.8. The van der Waals surface area contributed by atoms with Crippen LogP contribution in [0.3, 0.4) is 0 Å². The number of thiophene rings is 1. The maximum atomic E-state index is 12.2. The smallest absolute Gasteiger partial charge is 0.259 e. The summed E-state index contributed by atoms with van der Waals surface area (Å²) in [6, 6.07) is 7.29. The van der Waals surface area contributed by atoms with Crippen LogP contribution in [0.1, 0.15) is 11.5 Å². The van der Waals surface area contributed by atoms with Crippen molar-refractivity contribution in [3.63, 3.8) is 0 Å². The van der Waals surface area contributed by atoms with E-state index in [0.717, 1.165) is 10.5 Å². The zero-order valence-electron chi connectivity index (χ0n) is 11.5. The molecule has 5 nitrogen and oxygen atoms in total. The van der Waals surface area contributed by atoms with Gasteiger partial charge in [0.05, 0.1) is 11.9 Å². The van der Waals surface area contributed by atoms with Gasteiger partial charge >= 0.3 is 0 Å². The van der Waals surface area contributed by atoms with E-state index in [9.17, 15) is 9.59 Å². The van der Waals surface area contributed by atoms with Gasteiger partial charge < -0.3 is 14.3 Å². The summed E-state index contributed by atoms with van der Waals surface area (Å²) in [7, 11) is 0. The fourth-order valence-corrected chi connectivity index (χ4v) is 2.88. The second kappa shape index (κ2) is 5.57. The third kappa shape index (κ3) is 2.90. The molecule has 3 rings (SSSR count). The molecular formula is C15H14N2O3S. The number of aromatic nitrogens is 1. The zero-order valence-corrected chi connectivity index (χ0v) is 12.3. The Bertz CT molecular complexity index is 844. The highest BCUT2D eigenvalue weighted by Crippen LogP contribution is 2.16. The van der Waals surface area contributed by atoms with Gasteiger partial charge in [-0.1, -0.05) is 0 Å². The minimum atomic E-state index is -0.222. The average Bonchev–Trinajstić information content (AvgIpc) is 3.09. The normalized spacial score (nSPS) is 10.9. The molecule has 21 heavy (non-hydrogen) atoms. The highest BCUT2D eigenvalue weighted by molar-refractivity contribution is 7.17. The Labute approximate surface area is 124 Å². The number of nitrogens with zero attached hydrogens (tertiary/aromatic N) is 1. The minimum Gasteiger partial charge on any atom is -0.465 e. The molecule has 3 heterocycles. The van der Waals surface area contributed by atoms with Crippen LogP contribution in [0, 0.1) is 6.92 Å². The molecule has 0 atom stereocenters. The second-order valence-corrected chi connectivity index (χ2v) is 5.68. The third-order valence-electron chi connectivity index (χ3n) is 3.16. The number of furan rings is 1. The molecule has 108 valence electrons. The number of rotatable bonds is 4. The molecule has 0 spiro atoms. The predicted molar refractivity (Wildman–Crippen MR) is 81.4 cm³/mol. The lowest BCUT2D eigenvalue weighted by molar-refractivity contribution is -0.121. The first-order valence-electron chi connectivity index (χ1n) is 6.52. The monoisotopic (exact) mass is 302 g/mol. The second-order valence-electron chi connectivity index (χ2n) is 4.74. The summed E-state index contributed by atoms with van der Waals surface area (Å²) in [5, 5.41) is 5.26. The van der Waals surface area contributed by atoms with Gasteiger partial charge in [0.25, 0.3) is 5.56 Å². The van der Waals surface area contributed by atoms with Crippen LogP contribution in [-0.2, 0) is 17.9 Å². The summed E-state index contributed by atoms with van der Waals surface area (Å²) in [4.78, 5) is 24.1. The van der Waals surface area contributed by atoms with Crippen molar-refractivity contribution in [3.8, 4) is 0 Å². The van der Waals surface area contributed by atoms with E-state index in [2.05, 4.69) is 5.32 Å². The Morgan fingerprint density at radius 2 is 2.19 bits per heavy atom. The van der Waals surface area contributed by atoms with Gasteiger partial charge in [-0.3, -0.25) is 9.59 Å². The molecule has 0 unspecified atom stereocenters. The van der Waals surface area contributed by atoms with Crippen molar-refractivity contribution >= 4 is 27.3 Å². The van der Waals surface area contributed by atoms with E-state index in [0.29, 0.717) is 17.7 Å². The van der Waals surface area contributed by atoms with Gasteiger partial charge in [-0.15, -0.1) is 11.3 Å². The largest absolute Gasteiger partial charge is 0.465 e. The number of aryl methyl sites for hydroxylation is 1. The Kier molecular flexibility index (Phi) is 3.62. The number of hydrogen-bond acceptors (Lipinski definition) is 4.